The van der Waals surface area contributed by atoms with Crippen molar-refractivity contribution in [2.24, 2.45) is 4.99 Å². The molecule has 6 nitrogen and oxygen atoms in total. The van der Waals surface area contributed by atoms with Crippen LogP contribution < -0.4 is 5.32 Å². The first-order chi connectivity index (χ1) is 10.2. The van der Waals surface area contributed by atoms with E-state index in [1.807, 2.05) is 11.8 Å². The van der Waals surface area contributed by atoms with Crippen molar-refractivity contribution >= 4 is 27.7 Å². The van der Waals surface area contributed by atoms with Crippen LogP contribution in [0.2, 0.25) is 0 Å². The van der Waals surface area contributed by atoms with Crippen molar-refractivity contribution in [1.82, 2.24) is 14.5 Å². The molecule has 1 rings (SSSR count). The van der Waals surface area contributed by atoms with Crippen LogP contribution in [0.25, 0.3) is 0 Å². The van der Waals surface area contributed by atoms with Gasteiger partial charge in [0.15, 0.2) is 5.96 Å². The fourth-order valence-electron chi connectivity index (χ4n) is 2.39. The molecule has 1 saturated heterocycles. The second-order valence-electron chi connectivity index (χ2n) is 6.08. The quantitative estimate of drug-likeness (QED) is 0.441. The maximum Gasteiger partial charge on any atom is 0.213 e. The standard InChI is InChI=1S/C14H30N4O2S2/c1-6-22(19,20)17(5)9-7-8-16-13(15-4)18-10-11-21-14(2,3)12-18/h6-12H2,1-5H3,(H,15,16). The zero-order valence-electron chi connectivity index (χ0n) is 14.4. The highest BCUT2D eigenvalue weighted by atomic mass is 32.2. The van der Waals surface area contributed by atoms with Gasteiger partial charge in [0.1, 0.15) is 0 Å². The second-order valence-corrected chi connectivity index (χ2v) is 10.2. The Bertz CT molecular complexity index is 477. The number of nitrogens with one attached hydrogen (secondary N) is 1. The van der Waals surface area contributed by atoms with Crippen LogP contribution in [0.3, 0.4) is 0 Å². The first kappa shape index (κ1) is 19.6. The van der Waals surface area contributed by atoms with E-state index in [-0.39, 0.29) is 10.5 Å². The lowest BCUT2D eigenvalue weighted by Crippen LogP contribution is -2.51. The summed E-state index contributed by atoms with van der Waals surface area (Å²) in [5.74, 6) is 2.17. The molecule has 0 aromatic heterocycles. The van der Waals surface area contributed by atoms with Crippen LogP contribution in [0.15, 0.2) is 4.99 Å². The largest absolute Gasteiger partial charge is 0.356 e. The summed E-state index contributed by atoms with van der Waals surface area (Å²) in [5, 5.41) is 3.35. The summed E-state index contributed by atoms with van der Waals surface area (Å²) in [7, 11) is 0.355. The van der Waals surface area contributed by atoms with Crippen LogP contribution >= 0.6 is 11.8 Å². The second kappa shape index (κ2) is 8.40. The SMILES string of the molecule is CCS(=O)(=O)N(C)CCCNC(=NC)N1CCSC(C)(C)C1. The molecule has 0 radical (unpaired) electrons. The van der Waals surface area contributed by atoms with Gasteiger partial charge in [-0.05, 0) is 27.2 Å². The minimum atomic E-state index is -3.08. The fourth-order valence-corrected chi connectivity index (χ4v) is 4.35. The van der Waals surface area contributed by atoms with Crippen molar-refractivity contribution in [3.8, 4) is 0 Å². The van der Waals surface area contributed by atoms with Gasteiger partial charge in [0.05, 0.1) is 5.75 Å². The highest BCUT2D eigenvalue weighted by Crippen LogP contribution is 2.29. The number of hydrogen-bond donors (Lipinski definition) is 1. The van der Waals surface area contributed by atoms with Gasteiger partial charge in [0.2, 0.25) is 10.0 Å². The molecule has 0 saturated carbocycles. The van der Waals surface area contributed by atoms with E-state index >= 15 is 0 Å². The molecule has 0 spiro atoms. The lowest BCUT2D eigenvalue weighted by Gasteiger charge is -2.39. The van der Waals surface area contributed by atoms with E-state index in [0.717, 1.165) is 37.8 Å². The normalized spacial score (nSPS) is 19.5. The van der Waals surface area contributed by atoms with Crippen LogP contribution in [0.1, 0.15) is 27.2 Å². The number of aliphatic imine (C=N–C) groups is 1. The Morgan fingerprint density at radius 3 is 2.68 bits per heavy atom. The molecule has 1 aliphatic rings. The Balaban J connectivity index is 2.39. The van der Waals surface area contributed by atoms with Gasteiger partial charge in [-0.15, -0.1) is 0 Å². The maximum absolute atomic E-state index is 11.7. The zero-order valence-corrected chi connectivity index (χ0v) is 16.1. The summed E-state index contributed by atoms with van der Waals surface area (Å²) in [4.78, 5) is 6.63. The number of hydrogen-bond acceptors (Lipinski definition) is 4. The number of sulfonamides is 1. The van der Waals surface area contributed by atoms with Crippen LogP contribution in [-0.4, -0.2) is 80.1 Å². The molecular weight excluding hydrogens is 320 g/mol. The third kappa shape index (κ3) is 5.96. The number of thioether (sulfide) groups is 1. The Kier molecular flexibility index (Phi) is 7.48. The molecule has 1 aliphatic heterocycles. The van der Waals surface area contributed by atoms with E-state index in [9.17, 15) is 8.42 Å². The molecule has 0 bridgehead atoms. The minimum Gasteiger partial charge on any atom is -0.356 e. The molecule has 0 unspecified atom stereocenters. The van der Waals surface area contributed by atoms with Gasteiger partial charge in [0, 0.05) is 50.8 Å². The third-order valence-electron chi connectivity index (χ3n) is 3.71. The summed E-state index contributed by atoms with van der Waals surface area (Å²) in [6, 6.07) is 0. The predicted molar refractivity (Wildman–Crippen MR) is 96.2 cm³/mol. The third-order valence-corrected chi connectivity index (χ3v) is 6.87. The van der Waals surface area contributed by atoms with E-state index in [1.54, 1.807) is 21.0 Å². The van der Waals surface area contributed by atoms with Crippen LogP contribution in [0.4, 0.5) is 0 Å². The van der Waals surface area contributed by atoms with Crippen molar-refractivity contribution in [1.29, 1.82) is 0 Å². The van der Waals surface area contributed by atoms with Gasteiger partial charge in [0.25, 0.3) is 0 Å². The van der Waals surface area contributed by atoms with E-state index in [2.05, 4.69) is 29.1 Å². The Morgan fingerprint density at radius 2 is 2.14 bits per heavy atom. The lowest BCUT2D eigenvalue weighted by atomic mass is 10.2. The Morgan fingerprint density at radius 1 is 1.45 bits per heavy atom. The maximum atomic E-state index is 11.7. The van der Waals surface area contributed by atoms with Crippen molar-refractivity contribution in [2.75, 3.05) is 51.8 Å². The average Bonchev–Trinajstić information content (AvgIpc) is 2.45. The summed E-state index contributed by atoms with van der Waals surface area (Å²) in [6.07, 6.45) is 0.765. The zero-order chi connectivity index (χ0) is 16.8. The topological polar surface area (TPSA) is 65.0 Å². The van der Waals surface area contributed by atoms with E-state index in [0.29, 0.717) is 6.54 Å². The first-order valence-electron chi connectivity index (χ1n) is 7.75. The molecule has 0 aromatic carbocycles. The molecule has 0 atom stereocenters. The van der Waals surface area contributed by atoms with Gasteiger partial charge < -0.3 is 10.2 Å². The van der Waals surface area contributed by atoms with E-state index < -0.39 is 10.0 Å². The van der Waals surface area contributed by atoms with Crippen LogP contribution in [0, 0.1) is 0 Å². The smallest absolute Gasteiger partial charge is 0.213 e. The van der Waals surface area contributed by atoms with Crippen molar-refractivity contribution < 1.29 is 8.42 Å². The molecule has 22 heavy (non-hydrogen) atoms. The molecule has 0 aromatic rings. The summed E-state index contributed by atoms with van der Waals surface area (Å²) in [6.45, 7) is 9.40. The van der Waals surface area contributed by atoms with E-state index in [1.165, 1.54) is 4.31 Å². The highest BCUT2D eigenvalue weighted by Gasteiger charge is 2.28. The van der Waals surface area contributed by atoms with Gasteiger partial charge in [-0.1, -0.05) is 0 Å². The van der Waals surface area contributed by atoms with Gasteiger partial charge in [-0.2, -0.15) is 11.8 Å². The Hall–Kier alpha value is -0.470. The van der Waals surface area contributed by atoms with Gasteiger partial charge in [-0.25, -0.2) is 12.7 Å². The predicted octanol–water partition coefficient (Wildman–Crippen LogP) is 1.06. The van der Waals surface area contributed by atoms with Gasteiger partial charge in [-0.3, -0.25) is 4.99 Å². The molecule has 0 amide bonds. The molecule has 0 aliphatic carbocycles. The first-order valence-corrected chi connectivity index (χ1v) is 10.3. The molecule has 8 heteroatoms. The fraction of sp³-hybridized carbons (Fsp3) is 0.929. The number of nitrogens with zero attached hydrogens (tertiary/aromatic N) is 3. The average molecular weight is 351 g/mol. The molecular formula is C14H30N4O2S2. The van der Waals surface area contributed by atoms with Crippen LogP contribution in [0.5, 0.6) is 0 Å². The summed E-state index contributed by atoms with van der Waals surface area (Å²) >= 11 is 1.99. The summed E-state index contributed by atoms with van der Waals surface area (Å²) < 4.78 is 25.0. The van der Waals surface area contributed by atoms with Crippen molar-refractivity contribution in [3.05, 3.63) is 0 Å². The monoisotopic (exact) mass is 350 g/mol. The van der Waals surface area contributed by atoms with Crippen LogP contribution in [-0.2, 0) is 10.0 Å². The van der Waals surface area contributed by atoms with E-state index in [4.69, 9.17) is 0 Å². The van der Waals surface area contributed by atoms with Crippen molar-refractivity contribution in [2.45, 2.75) is 31.9 Å². The van der Waals surface area contributed by atoms with Gasteiger partial charge >= 0.3 is 0 Å². The summed E-state index contributed by atoms with van der Waals surface area (Å²) in [5.41, 5.74) is 0. The highest BCUT2D eigenvalue weighted by molar-refractivity contribution is 8.00. The lowest BCUT2D eigenvalue weighted by molar-refractivity contribution is 0.374. The van der Waals surface area contributed by atoms with Crippen molar-refractivity contribution in [3.63, 3.8) is 0 Å². The number of rotatable bonds is 6. The minimum absolute atomic E-state index is 0.152. The molecule has 1 fully saturated rings. The molecule has 130 valence electrons. The number of guanidine groups is 1. The molecule has 1 N–H and O–H groups in total. The Labute approximate surface area is 139 Å². The molecule has 1 heterocycles.